The molecule has 1 rings (SSSR count). The Labute approximate surface area is 107 Å². The van der Waals surface area contributed by atoms with Crippen molar-refractivity contribution in [3.8, 4) is 0 Å². The van der Waals surface area contributed by atoms with Crippen molar-refractivity contribution in [2.24, 2.45) is 11.8 Å². The third kappa shape index (κ3) is 7.02. The molecule has 0 aromatic carbocycles. The molecule has 0 atom stereocenters. The van der Waals surface area contributed by atoms with E-state index >= 15 is 0 Å². The zero-order valence-corrected chi connectivity index (χ0v) is 11.9. The first-order valence-corrected chi connectivity index (χ1v) is 7.10. The van der Waals surface area contributed by atoms with Crippen molar-refractivity contribution in [1.82, 2.24) is 10.2 Å². The quantitative estimate of drug-likeness (QED) is 0.659. The summed E-state index contributed by atoms with van der Waals surface area (Å²) in [4.78, 5) is 2.47. The highest BCUT2D eigenvalue weighted by molar-refractivity contribution is 4.72. The first kappa shape index (κ1) is 14.9. The summed E-state index contributed by atoms with van der Waals surface area (Å²) in [5.41, 5.74) is 0. The lowest BCUT2D eigenvalue weighted by atomic mass is 9.83. The monoisotopic (exact) mass is 242 g/mol. The highest BCUT2D eigenvalue weighted by atomic mass is 16.5. The molecule has 1 N–H and O–H groups in total. The molecule has 0 spiro atoms. The van der Waals surface area contributed by atoms with E-state index < -0.39 is 0 Å². The van der Waals surface area contributed by atoms with Crippen LogP contribution in [0, 0.1) is 11.8 Å². The van der Waals surface area contributed by atoms with Gasteiger partial charge in [0, 0.05) is 33.3 Å². The highest BCUT2D eigenvalue weighted by Crippen LogP contribution is 2.28. The molecule has 0 aromatic rings. The second kappa shape index (κ2) is 8.90. The van der Waals surface area contributed by atoms with Gasteiger partial charge in [-0.1, -0.05) is 19.8 Å². The van der Waals surface area contributed by atoms with Crippen LogP contribution in [0.3, 0.4) is 0 Å². The second-order valence-electron chi connectivity index (χ2n) is 5.63. The van der Waals surface area contributed by atoms with Crippen LogP contribution in [0.15, 0.2) is 0 Å². The average Bonchev–Trinajstić information content (AvgIpc) is 2.32. The SMILES string of the molecule is COCCNCCN(C)CC1CCC(C)CC1. The standard InChI is InChI=1S/C14H30N2O/c1-13-4-6-14(7-5-13)12-16(2)10-8-15-9-11-17-3/h13-15H,4-12H2,1-3H3. The molecular formula is C14H30N2O. The lowest BCUT2D eigenvalue weighted by Gasteiger charge is -2.29. The van der Waals surface area contributed by atoms with E-state index in [1.807, 2.05) is 0 Å². The van der Waals surface area contributed by atoms with Crippen LogP contribution >= 0.6 is 0 Å². The number of ether oxygens (including phenoxy) is 1. The number of hydrogen-bond donors (Lipinski definition) is 1. The maximum atomic E-state index is 5.00. The van der Waals surface area contributed by atoms with Gasteiger partial charge in [-0.3, -0.25) is 0 Å². The fraction of sp³-hybridized carbons (Fsp3) is 1.00. The number of rotatable bonds is 8. The average molecular weight is 242 g/mol. The van der Waals surface area contributed by atoms with Crippen molar-refractivity contribution in [3.05, 3.63) is 0 Å². The zero-order valence-electron chi connectivity index (χ0n) is 11.9. The normalized spacial score (nSPS) is 25.4. The van der Waals surface area contributed by atoms with E-state index in [-0.39, 0.29) is 0 Å². The van der Waals surface area contributed by atoms with E-state index in [4.69, 9.17) is 4.74 Å². The maximum Gasteiger partial charge on any atom is 0.0587 e. The summed E-state index contributed by atoms with van der Waals surface area (Å²) in [5.74, 6) is 1.91. The minimum absolute atomic E-state index is 0.810. The summed E-state index contributed by atoms with van der Waals surface area (Å²) >= 11 is 0. The van der Waals surface area contributed by atoms with Gasteiger partial charge < -0.3 is 15.0 Å². The minimum Gasteiger partial charge on any atom is -0.383 e. The maximum absolute atomic E-state index is 5.00. The van der Waals surface area contributed by atoms with Gasteiger partial charge in [0.25, 0.3) is 0 Å². The number of nitrogens with one attached hydrogen (secondary N) is 1. The van der Waals surface area contributed by atoms with E-state index in [1.165, 1.54) is 32.2 Å². The van der Waals surface area contributed by atoms with Gasteiger partial charge in [-0.2, -0.15) is 0 Å². The number of methoxy groups -OCH3 is 1. The lowest BCUT2D eigenvalue weighted by molar-refractivity contribution is 0.192. The van der Waals surface area contributed by atoms with Crippen molar-refractivity contribution in [1.29, 1.82) is 0 Å². The van der Waals surface area contributed by atoms with Gasteiger partial charge in [0.1, 0.15) is 0 Å². The van der Waals surface area contributed by atoms with Crippen molar-refractivity contribution in [2.45, 2.75) is 32.6 Å². The van der Waals surface area contributed by atoms with Gasteiger partial charge in [0.15, 0.2) is 0 Å². The van der Waals surface area contributed by atoms with Gasteiger partial charge in [0.2, 0.25) is 0 Å². The van der Waals surface area contributed by atoms with E-state index in [0.717, 1.165) is 38.1 Å². The van der Waals surface area contributed by atoms with Gasteiger partial charge in [0.05, 0.1) is 6.61 Å². The Hall–Kier alpha value is -0.120. The number of hydrogen-bond acceptors (Lipinski definition) is 3. The summed E-state index contributed by atoms with van der Waals surface area (Å²) in [7, 11) is 3.99. The molecule has 0 radical (unpaired) electrons. The van der Waals surface area contributed by atoms with Crippen LogP contribution in [0.4, 0.5) is 0 Å². The largest absolute Gasteiger partial charge is 0.383 e. The van der Waals surface area contributed by atoms with Crippen LogP contribution in [0.5, 0.6) is 0 Å². The Balaban J connectivity index is 1.98. The summed E-state index contributed by atoms with van der Waals surface area (Å²) < 4.78 is 5.00. The first-order chi connectivity index (χ1) is 8.22. The molecule has 3 heteroatoms. The molecule has 1 fully saturated rings. The first-order valence-electron chi connectivity index (χ1n) is 7.10. The summed E-state index contributed by atoms with van der Waals surface area (Å²) in [6.45, 7) is 7.66. The van der Waals surface area contributed by atoms with Gasteiger partial charge in [-0.05, 0) is 31.7 Å². The summed E-state index contributed by atoms with van der Waals surface area (Å²) in [6.07, 6.45) is 5.74. The van der Waals surface area contributed by atoms with Crippen LogP contribution in [0.1, 0.15) is 32.6 Å². The second-order valence-corrected chi connectivity index (χ2v) is 5.63. The fourth-order valence-electron chi connectivity index (χ4n) is 2.61. The van der Waals surface area contributed by atoms with Crippen molar-refractivity contribution >= 4 is 0 Å². The Morgan fingerprint density at radius 2 is 1.88 bits per heavy atom. The molecule has 17 heavy (non-hydrogen) atoms. The Kier molecular flexibility index (Phi) is 7.82. The molecule has 0 aliphatic heterocycles. The Bertz CT molecular complexity index is 179. The lowest BCUT2D eigenvalue weighted by Crippen LogP contribution is -2.34. The van der Waals surface area contributed by atoms with E-state index in [1.54, 1.807) is 7.11 Å². The van der Waals surface area contributed by atoms with E-state index in [0.29, 0.717) is 0 Å². The molecule has 1 aliphatic rings. The molecule has 0 saturated heterocycles. The molecule has 1 aliphatic carbocycles. The predicted octanol–water partition coefficient (Wildman–Crippen LogP) is 1.98. The zero-order chi connectivity index (χ0) is 12.5. The predicted molar refractivity (Wildman–Crippen MR) is 73.4 cm³/mol. The van der Waals surface area contributed by atoms with Crippen molar-refractivity contribution in [3.63, 3.8) is 0 Å². The Morgan fingerprint density at radius 1 is 1.18 bits per heavy atom. The van der Waals surface area contributed by atoms with Crippen LogP contribution in [-0.4, -0.2) is 51.8 Å². The smallest absolute Gasteiger partial charge is 0.0587 e. The third-order valence-corrected chi connectivity index (χ3v) is 3.86. The fourth-order valence-corrected chi connectivity index (χ4v) is 2.61. The van der Waals surface area contributed by atoms with E-state index in [2.05, 4.69) is 24.2 Å². The van der Waals surface area contributed by atoms with Gasteiger partial charge in [-0.15, -0.1) is 0 Å². The number of nitrogens with zero attached hydrogens (tertiary/aromatic N) is 1. The minimum atomic E-state index is 0.810. The third-order valence-electron chi connectivity index (χ3n) is 3.86. The van der Waals surface area contributed by atoms with Crippen LogP contribution in [0.25, 0.3) is 0 Å². The number of likely N-dealkylation sites (N-methyl/N-ethyl adjacent to an activating group) is 1. The summed E-state index contributed by atoms with van der Waals surface area (Å²) in [5, 5.41) is 3.39. The molecule has 3 nitrogen and oxygen atoms in total. The van der Waals surface area contributed by atoms with E-state index in [9.17, 15) is 0 Å². The van der Waals surface area contributed by atoms with Crippen molar-refractivity contribution in [2.75, 3.05) is 46.9 Å². The molecule has 1 saturated carbocycles. The Morgan fingerprint density at radius 3 is 2.53 bits per heavy atom. The molecule has 102 valence electrons. The molecule has 0 heterocycles. The molecule has 0 bridgehead atoms. The summed E-state index contributed by atoms with van der Waals surface area (Å²) in [6, 6.07) is 0. The molecule has 0 unspecified atom stereocenters. The van der Waals surface area contributed by atoms with Gasteiger partial charge in [-0.25, -0.2) is 0 Å². The van der Waals surface area contributed by atoms with Crippen LogP contribution < -0.4 is 5.32 Å². The molecule has 0 amide bonds. The van der Waals surface area contributed by atoms with Crippen LogP contribution in [-0.2, 0) is 4.74 Å². The molecule has 0 aromatic heterocycles. The van der Waals surface area contributed by atoms with Gasteiger partial charge >= 0.3 is 0 Å². The highest BCUT2D eigenvalue weighted by Gasteiger charge is 2.19. The molecular weight excluding hydrogens is 212 g/mol. The van der Waals surface area contributed by atoms with Crippen molar-refractivity contribution < 1.29 is 4.74 Å². The van der Waals surface area contributed by atoms with Crippen LogP contribution in [0.2, 0.25) is 0 Å². The topological polar surface area (TPSA) is 24.5 Å².